The first kappa shape index (κ1) is 12.7. The molecule has 0 atom stereocenters. The Morgan fingerprint density at radius 1 is 1.25 bits per heavy atom. The van der Waals surface area contributed by atoms with Crippen molar-refractivity contribution >= 4 is 0 Å². The number of nitrogens with two attached hydrogens (primary N) is 1. The normalized spacial score (nSPS) is 11.5. The van der Waals surface area contributed by atoms with Gasteiger partial charge in [0, 0.05) is 6.54 Å². The van der Waals surface area contributed by atoms with E-state index < -0.39 is 0 Å². The second-order valence-electron chi connectivity index (χ2n) is 3.96. The molecule has 1 heteroatoms. The molecule has 86 valence electrons. The third-order valence-corrected chi connectivity index (χ3v) is 2.61. The van der Waals surface area contributed by atoms with Crippen molar-refractivity contribution in [3.63, 3.8) is 0 Å². The minimum atomic E-state index is 0.579. The number of aryl methyl sites for hydroxylation is 1. The summed E-state index contributed by atoms with van der Waals surface area (Å²) >= 11 is 0. The summed E-state index contributed by atoms with van der Waals surface area (Å²) in [5.41, 5.74) is 9.43. The van der Waals surface area contributed by atoms with Crippen molar-refractivity contribution in [2.24, 2.45) is 5.73 Å². The van der Waals surface area contributed by atoms with E-state index in [0.717, 1.165) is 12.8 Å². The topological polar surface area (TPSA) is 26.0 Å². The van der Waals surface area contributed by atoms with Crippen LogP contribution in [0.4, 0.5) is 0 Å². The van der Waals surface area contributed by atoms with E-state index in [1.54, 1.807) is 0 Å². The summed E-state index contributed by atoms with van der Waals surface area (Å²) < 4.78 is 0. The number of rotatable bonds is 6. The average Bonchev–Trinajstić information content (AvgIpc) is 2.31. The lowest BCUT2D eigenvalue weighted by atomic mass is 10.0. The zero-order chi connectivity index (χ0) is 11.8. The number of allylic oxidation sites excluding steroid dienone is 2. The second kappa shape index (κ2) is 7.02. The fourth-order valence-corrected chi connectivity index (χ4v) is 1.73. The molecule has 0 heterocycles. The molecule has 1 nitrogen and oxygen atoms in total. The first-order valence-electron chi connectivity index (χ1n) is 5.89. The monoisotopic (exact) mass is 215 g/mol. The lowest BCUT2D eigenvalue weighted by Crippen LogP contribution is -1.97. The van der Waals surface area contributed by atoms with Gasteiger partial charge < -0.3 is 5.73 Å². The summed E-state index contributed by atoms with van der Waals surface area (Å²) in [4.78, 5) is 0. The molecule has 0 aromatic heterocycles. The summed E-state index contributed by atoms with van der Waals surface area (Å²) in [6, 6.07) is 8.81. The van der Waals surface area contributed by atoms with Crippen LogP contribution in [0.1, 0.15) is 24.5 Å². The quantitative estimate of drug-likeness (QED) is 0.724. The molecule has 0 saturated carbocycles. The van der Waals surface area contributed by atoms with E-state index in [0.29, 0.717) is 6.54 Å². The SMILES string of the molecule is C=C/C(=C\CN)Cc1ccc(CCC)cc1. The zero-order valence-electron chi connectivity index (χ0n) is 10.1. The highest BCUT2D eigenvalue weighted by Crippen LogP contribution is 2.11. The average molecular weight is 215 g/mol. The van der Waals surface area contributed by atoms with Crippen molar-refractivity contribution in [2.75, 3.05) is 6.54 Å². The van der Waals surface area contributed by atoms with Crippen molar-refractivity contribution < 1.29 is 0 Å². The fraction of sp³-hybridized carbons (Fsp3) is 0.333. The Kier molecular flexibility index (Phi) is 5.58. The first-order valence-corrected chi connectivity index (χ1v) is 5.89. The van der Waals surface area contributed by atoms with Gasteiger partial charge in [-0.3, -0.25) is 0 Å². The van der Waals surface area contributed by atoms with Gasteiger partial charge in [-0.15, -0.1) is 0 Å². The van der Waals surface area contributed by atoms with Crippen LogP contribution in [0.15, 0.2) is 48.6 Å². The molecule has 0 unspecified atom stereocenters. The van der Waals surface area contributed by atoms with E-state index in [2.05, 4.69) is 37.8 Å². The smallest absolute Gasteiger partial charge is 0.0112 e. The second-order valence-corrected chi connectivity index (χ2v) is 3.96. The van der Waals surface area contributed by atoms with Crippen molar-refractivity contribution in [3.05, 3.63) is 59.7 Å². The molecule has 1 aromatic rings. The predicted octanol–water partition coefficient (Wildman–Crippen LogP) is 3.25. The Labute approximate surface area is 98.7 Å². The Morgan fingerprint density at radius 3 is 2.38 bits per heavy atom. The largest absolute Gasteiger partial charge is 0.327 e. The van der Waals surface area contributed by atoms with E-state index in [1.807, 2.05) is 12.2 Å². The minimum absolute atomic E-state index is 0.579. The Hall–Kier alpha value is -1.34. The Morgan fingerprint density at radius 2 is 1.88 bits per heavy atom. The van der Waals surface area contributed by atoms with Gasteiger partial charge in [-0.2, -0.15) is 0 Å². The highest BCUT2D eigenvalue weighted by atomic mass is 14.5. The lowest BCUT2D eigenvalue weighted by Gasteiger charge is -2.04. The van der Waals surface area contributed by atoms with Gasteiger partial charge in [0.15, 0.2) is 0 Å². The van der Waals surface area contributed by atoms with Crippen molar-refractivity contribution in [1.29, 1.82) is 0 Å². The van der Waals surface area contributed by atoms with Crippen LogP contribution in [-0.2, 0) is 12.8 Å². The molecular weight excluding hydrogens is 194 g/mol. The Bertz CT molecular complexity index is 346. The van der Waals surface area contributed by atoms with Crippen molar-refractivity contribution in [2.45, 2.75) is 26.2 Å². The highest BCUT2D eigenvalue weighted by Gasteiger charge is 1.96. The summed E-state index contributed by atoms with van der Waals surface area (Å²) in [5.74, 6) is 0. The molecule has 0 aliphatic heterocycles. The summed E-state index contributed by atoms with van der Waals surface area (Å²) in [6.07, 6.45) is 7.18. The summed E-state index contributed by atoms with van der Waals surface area (Å²) in [5, 5.41) is 0. The molecular formula is C15H21N. The lowest BCUT2D eigenvalue weighted by molar-refractivity contribution is 0.920. The first-order chi connectivity index (χ1) is 7.80. The molecule has 0 aliphatic rings. The van der Waals surface area contributed by atoms with Crippen LogP contribution in [0, 0.1) is 0 Å². The van der Waals surface area contributed by atoms with E-state index in [4.69, 9.17) is 5.73 Å². The van der Waals surface area contributed by atoms with Gasteiger partial charge in [0.05, 0.1) is 0 Å². The standard InChI is InChI=1S/C15H21N/c1-3-5-14-6-8-15(9-7-14)12-13(4-2)10-11-16/h4,6-10H,2-3,5,11-12,16H2,1H3/b13-10+. The fourth-order valence-electron chi connectivity index (χ4n) is 1.73. The van der Waals surface area contributed by atoms with Gasteiger partial charge in [0.2, 0.25) is 0 Å². The van der Waals surface area contributed by atoms with Gasteiger partial charge in [-0.1, -0.05) is 56.3 Å². The van der Waals surface area contributed by atoms with E-state index >= 15 is 0 Å². The van der Waals surface area contributed by atoms with Gasteiger partial charge in [-0.05, 0) is 29.5 Å². The maximum absolute atomic E-state index is 5.50. The molecule has 2 N–H and O–H groups in total. The predicted molar refractivity (Wildman–Crippen MR) is 71.5 cm³/mol. The van der Waals surface area contributed by atoms with Gasteiger partial charge in [0.1, 0.15) is 0 Å². The van der Waals surface area contributed by atoms with Crippen LogP contribution < -0.4 is 5.73 Å². The number of hydrogen-bond acceptors (Lipinski definition) is 1. The third-order valence-electron chi connectivity index (χ3n) is 2.61. The summed E-state index contributed by atoms with van der Waals surface area (Å²) in [6.45, 7) is 6.58. The van der Waals surface area contributed by atoms with Gasteiger partial charge in [-0.25, -0.2) is 0 Å². The highest BCUT2D eigenvalue weighted by molar-refractivity contribution is 5.30. The van der Waals surface area contributed by atoms with Gasteiger partial charge >= 0.3 is 0 Å². The van der Waals surface area contributed by atoms with Crippen LogP contribution in [0.25, 0.3) is 0 Å². The summed E-state index contributed by atoms with van der Waals surface area (Å²) in [7, 11) is 0. The van der Waals surface area contributed by atoms with Crippen molar-refractivity contribution in [3.8, 4) is 0 Å². The maximum Gasteiger partial charge on any atom is 0.0112 e. The molecule has 16 heavy (non-hydrogen) atoms. The molecule has 0 aliphatic carbocycles. The van der Waals surface area contributed by atoms with E-state index in [-0.39, 0.29) is 0 Å². The number of hydrogen-bond donors (Lipinski definition) is 1. The minimum Gasteiger partial charge on any atom is -0.327 e. The van der Waals surface area contributed by atoms with Crippen molar-refractivity contribution in [1.82, 2.24) is 0 Å². The van der Waals surface area contributed by atoms with Crippen LogP contribution in [0.5, 0.6) is 0 Å². The molecule has 0 bridgehead atoms. The van der Waals surface area contributed by atoms with Crippen LogP contribution in [0.3, 0.4) is 0 Å². The molecule has 0 saturated heterocycles. The van der Waals surface area contributed by atoms with Gasteiger partial charge in [0.25, 0.3) is 0 Å². The zero-order valence-corrected chi connectivity index (χ0v) is 10.1. The molecule has 0 amide bonds. The van der Waals surface area contributed by atoms with Crippen LogP contribution >= 0.6 is 0 Å². The molecule has 0 radical (unpaired) electrons. The number of benzene rings is 1. The molecule has 1 rings (SSSR count). The molecule has 0 spiro atoms. The van der Waals surface area contributed by atoms with E-state index in [9.17, 15) is 0 Å². The Balaban J connectivity index is 2.67. The van der Waals surface area contributed by atoms with Crippen LogP contribution in [0.2, 0.25) is 0 Å². The van der Waals surface area contributed by atoms with Crippen LogP contribution in [-0.4, -0.2) is 6.54 Å². The third kappa shape index (κ3) is 4.03. The molecule has 0 fully saturated rings. The van der Waals surface area contributed by atoms with E-state index in [1.165, 1.54) is 23.1 Å². The molecule has 1 aromatic carbocycles. The maximum atomic E-state index is 5.50.